The molecule has 1 spiro atoms. The standard InChI is InChI=1S/C20H27F3N2O6S/c1-2-25(32(28,29)16-6-4-3-5-7-16)15-12-19(30-14-15)8-10-24(11-9-19)18(27)31-17(13-26)20(21,22)23/h3-7,15,17,26H,2,8-14H2,1H3/t15-,17-/m1/s1. The molecule has 1 aromatic rings. The molecule has 12 heteroatoms. The van der Waals surface area contributed by atoms with Gasteiger partial charge in [-0.2, -0.15) is 17.5 Å². The molecule has 1 amide bonds. The third-order valence-electron chi connectivity index (χ3n) is 5.97. The quantitative estimate of drug-likeness (QED) is 0.672. The topological polar surface area (TPSA) is 96.4 Å². The van der Waals surface area contributed by atoms with Crippen LogP contribution >= 0.6 is 0 Å². The minimum atomic E-state index is -4.85. The number of likely N-dealkylation sites (tertiary alicyclic amines) is 1. The number of carbonyl (C=O) groups excluding carboxylic acids is 1. The van der Waals surface area contributed by atoms with Crippen molar-refractivity contribution in [2.75, 3.05) is 32.8 Å². The normalized spacial score (nSPS) is 22.3. The highest BCUT2D eigenvalue weighted by atomic mass is 32.2. The van der Waals surface area contributed by atoms with Gasteiger partial charge in [0, 0.05) is 19.6 Å². The van der Waals surface area contributed by atoms with Gasteiger partial charge < -0.3 is 19.5 Å². The third-order valence-corrected chi connectivity index (χ3v) is 8.01. The summed E-state index contributed by atoms with van der Waals surface area (Å²) in [6.07, 6.45) is -7.45. The van der Waals surface area contributed by atoms with Crippen LogP contribution in [0.5, 0.6) is 0 Å². The summed E-state index contributed by atoms with van der Waals surface area (Å²) >= 11 is 0. The summed E-state index contributed by atoms with van der Waals surface area (Å²) in [6.45, 7) is 1.09. The average Bonchev–Trinajstić information content (AvgIpc) is 3.15. The number of likely N-dealkylation sites (N-methyl/N-ethyl adjacent to an activating group) is 1. The van der Waals surface area contributed by atoms with Gasteiger partial charge >= 0.3 is 12.3 Å². The van der Waals surface area contributed by atoms with E-state index in [2.05, 4.69) is 4.74 Å². The van der Waals surface area contributed by atoms with E-state index in [9.17, 15) is 26.4 Å². The molecule has 2 aliphatic rings. The van der Waals surface area contributed by atoms with Crippen molar-refractivity contribution < 1.29 is 41.0 Å². The van der Waals surface area contributed by atoms with Crippen molar-refractivity contribution in [2.45, 2.75) is 55.0 Å². The van der Waals surface area contributed by atoms with Crippen molar-refractivity contribution in [1.82, 2.24) is 9.21 Å². The Kier molecular flexibility index (Phi) is 7.38. The summed E-state index contributed by atoms with van der Waals surface area (Å²) in [4.78, 5) is 13.4. The predicted octanol–water partition coefficient (Wildman–Crippen LogP) is 2.38. The van der Waals surface area contributed by atoms with E-state index in [1.165, 1.54) is 16.4 Å². The number of alkyl halides is 3. The molecule has 2 atom stereocenters. The second-order valence-corrected chi connectivity index (χ2v) is 9.85. The molecule has 2 heterocycles. The summed E-state index contributed by atoms with van der Waals surface area (Å²) < 4.78 is 76.1. The monoisotopic (exact) mass is 480 g/mol. The Balaban J connectivity index is 1.61. The van der Waals surface area contributed by atoms with E-state index < -0.39 is 40.6 Å². The molecule has 0 bridgehead atoms. The van der Waals surface area contributed by atoms with Gasteiger partial charge in [0.2, 0.25) is 16.1 Å². The van der Waals surface area contributed by atoms with Gasteiger partial charge in [0.25, 0.3) is 0 Å². The fraction of sp³-hybridized carbons (Fsp3) is 0.650. The molecule has 0 saturated carbocycles. The number of aliphatic hydroxyl groups is 1. The van der Waals surface area contributed by atoms with Crippen LogP contribution < -0.4 is 0 Å². The van der Waals surface area contributed by atoms with Crippen molar-refractivity contribution in [2.24, 2.45) is 0 Å². The second kappa shape index (κ2) is 9.54. The number of nitrogens with zero attached hydrogens (tertiary/aromatic N) is 2. The van der Waals surface area contributed by atoms with Crippen LogP contribution in [0.3, 0.4) is 0 Å². The number of amides is 1. The molecule has 0 unspecified atom stereocenters. The van der Waals surface area contributed by atoms with E-state index in [1.54, 1.807) is 25.1 Å². The summed E-state index contributed by atoms with van der Waals surface area (Å²) in [6, 6.07) is 7.74. The van der Waals surface area contributed by atoms with Gasteiger partial charge in [-0.3, -0.25) is 0 Å². The molecular formula is C20H27F3N2O6S. The van der Waals surface area contributed by atoms with Crippen molar-refractivity contribution in [3.63, 3.8) is 0 Å². The second-order valence-electron chi connectivity index (χ2n) is 7.96. The molecule has 8 nitrogen and oxygen atoms in total. The minimum absolute atomic E-state index is 0.110. The lowest BCUT2D eigenvalue weighted by Gasteiger charge is -2.38. The van der Waals surface area contributed by atoms with Crippen LogP contribution in [0, 0.1) is 0 Å². The van der Waals surface area contributed by atoms with Crippen molar-refractivity contribution in [3.8, 4) is 0 Å². The zero-order valence-electron chi connectivity index (χ0n) is 17.6. The zero-order valence-corrected chi connectivity index (χ0v) is 18.4. The summed E-state index contributed by atoms with van der Waals surface area (Å²) in [7, 11) is -3.71. The summed E-state index contributed by atoms with van der Waals surface area (Å²) in [5.74, 6) is 0. The maximum absolute atomic E-state index is 13.1. The Morgan fingerprint density at radius 3 is 2.47 bits per heavy atom. The first-order chi connectivity index (χ1) is 15.0. The number of carbonyl (C=O) groups is 1. The number of halogens is 3. The number of sulfonamides is 1. The van der Waals surface area contributed by atoms with Crippen LogP contribution in [0.2, 0.25) is 0 Å². The van der Waals surface area contributed by atoms with Crippen molar-refractivity contribution in [1.29, 1.82) is 0 Å². The number of hydrogen-bond acceptors (Lipinski definition) is 6. The molecular weight excluding hydrogens is 453 g/mol. The van der Waals surface area contributed by atoms with Gasteiger partial charge in [-0.15, -0.1) is 0 Å². The number of piperidine rings is 1. The Morgan fingerprint density at radius 1 is 1.31 bits per heavy atom. The lowest BCUT2D eigenvalue weighted by atomic mass is 9.87. The molecule has 1 aromatic carbocycles. The summed E-state index contributed by atoms with van der Waals surface area (Å²) in [5.41, 5.74) is -0.651. The first-order valence-electron chi connectivity index (χ1n) is 10.4. The fourth-order valence-electron chi connectivity index (χ4n) is 4.21. The molecule has 0 radical (unpaired) electrons. The van der Waals surface area contributed by atoms with Crippen molar-refractivity contribution >= 4 is 16.1 Å². The van der Waals surface area contributed by atoms with Crippen LogP contribution in [-0.4, -0.2) is 85.6 Å². The lowest BCUT2D eigenvalue weighted by molar-refractivity contribution is -0.215. The van der Waals surface area contributed by atoms with Crippen LogP contribution in [0.4, 0.5) is 18.0 Å². The van der Waals surface area contributed by atoms with Gasteiger partial charge in [-0.05, 0) is 31.4 Å². The SMILES string of the molecule is CCN([C@H]1COC2(CCN(C(=O)O[C@H](CO)C(F)(F)F)CC2)C1)S(=O)(=O)c1ccccc1. The van der Waals surface area contributed by atoms with E-state index in [-0.39, 0.29) is 37.2 Å². The van der Waals surface area contributed by atoms with Gasteiger partial charge in [-0.25, -0.2) is 13.2 Å². The number of benzene rings is 1. The van der Waals surface area contributed by atoms with E-state index >= 15 is 0 Å². The average molecular weight is 481 g/mol. The third kappa shape index (κ3) is 5.19. The smallest absolute Gasteiger partial charge is 0.427 e. The highest BCUT2D eigenvalue weighted by molar-refractivity contribution is 7.89. The largest absolute Gasteiger partial charge is 0.434 e. The molecule has 0 aliphatic carbocycles. The highest BCUT2D eigenvalue weighted by Crippen LogP contribution is 2.39. The predicted molar refractivity (Wildman–Crippen MR) is 107 cm³/mol. The minimum Gasteiger partial charge on any atom is -0.434 e. The van der Waals surface area contributed by atoms with Crippen LogP contribution in [-0.2, 0) is 19.5 Å². The Morgan fingerprint density at radius 2 is 1.94 bits per heavy atom. The van der Waals surface area contributed by atoms with Crippen molar-refractivity contribution in [3.05, 3.63) is 30.3 Å². The Labute approximate surface area is 184 Å². The molecule has 2 fully saturated rings. The zero-order chi connectivity index (χ0) is 23.6. The first kappa shape index (κ1) is 24.7. The lowest BCUT2D eigenvalue weighted by Crippen LogP contribution is -2.49. The van der Waals surface area contributed by atoms with E-state index in [0.717, 1.165) is 4.90 Å². The Hall–Kier alpha value is -1.89. The number of ether oxygens (including phenoxy) is 2. The van der Waals surface area contributed by atoms with Crippen LogP contribution in [0.1, 0.15) is 26.2 Å². The van der Waals surface area contributed by atoms with Gasteiger partial charge in [0.05, 0.1) is 29.8 Å². The maximum Gasteiger partial charge on any atom is 0.427 e. The fourth-order valence-corrected chi connectivity index (χ4v) is 5.85. The molecule has 2 saturated heterocycles. The van der Waals surface area contributed by atoms with Gasteiger partial charge in [0.1, 0.15) is 0 Å². The van der Waals surface area contributed by atoms with E-state index in [4.69, 9.17) is 9.84 Å². The Bertz CT molecular complexity index is 888. The first-order valence-corrected chi connectivity index (χ1v) is 11.8. The van der Waals surface area contributed by atoms with Crippen LogP contribution in [0.15, 0.2) is 35.2 Å². The van der Waals surface area contributed by atoms with Crippen LogP contribution in [0.25, 0.3) is 0 Å². The number of hydrogen-bond donors (Lipinski definition) is 1. The summed E-state index contributed by atoms with van der Waals surface area (Å²) in [5, 5.41) is 8.84. The molecule has 180 valence electrons. The molecule has 32 heavy (non-hydrogen) atoms. The van der Waals surface area contributed by atoms with E-state index in [0.29, 0.717) is 19.3 Å². The highest BCUT2D eigenvalue weighted by Gasteiger charge is 2.48. The number of rotatable bonds is 6. The number of aliphatic hydroxyl groups excluding tert-OH is 1. The van der Waals surface area contributed by atoms with Gasteiger partial charge in [0.15, 0.2) is 0 Å². The molecule has 3 rings (SSSR count). The molecule has 1 N–H and O–H groups in total. The van der Waals surface area contributed by atoms with Gasteiger partial charge in [-0.1, -0.05) is 25.1 Å². The molecule has 0 aromatic heterocycles. The maximum atomic E-state index is 13.1. The molecule has 2 aliphatic heterocycles. The van der Waals surface area contributed by atoms with E-state index in [1.807, 2.05) is 0 Å².